The lowest BCUT2D eigenvalue weighted by molar-refractivity contribution is -0.113. The molecule has 7 heteroatoms. The molecule has 2 aromatic heterocycles. The van der Waals surface area contributed by atoms with E-state index < -0.39 is 0 Å². The third-order valence-corrected chi connectivity index (χ3v) is 5.59. The lowest BCUT2D eigenvalue weighted by Gasteiger charge is -2.08. The van der Waals surface area contributed by atoms with Crippen molar-refractivity contribution in [1.82, 2.24) is 9.72 Å². The van der Waals surface area contributed by atoms with E-state index in [4.69, 9.17) is 27.3 Å². The minimum absolute atomic E-state index is 0.0604. The smallest absolute Gasteiger partial charge is 0.200 e. The molecule has 6 nitrogen and oxygen atoms in total. The maximum Gasteiger partial charge on any atom is 0.200 e. The molecule has 3 N–H and O–H groups in total. The van der Waals surface area contributed by atoms with Gasteiger partial charge in [-0.1, -0.05) is 58.7 Å². The quantitative estimate of drug-likeness (QED) is 0.404. The average Bonchev–Trinajstić information content (AvgIpc) is 3.37. The highest BCUT2D eigenvalue weighted by atomic mass is 35.5. The van der Waals surface area contributed by atoms with Crippen LogP contribution in [0.5, 0.6) is 0 Å². The number of nitrogens with one attached hydrogen (secondary N) is 1. The normalized spacial score (nSPS) is 10.9. The van der Waals surface area contributed by atoms with E-state index in [0.29, 0.717) is 33.4 Å². The van der Waals surface area contributed by atoms with Gasteiger partial charge in [-0.15, -0.1) is 0 Å². The van der Waals surface area contributed by atoms with Crippen molar-refractivity contribution in [2.75, 3.05) is 5.73 Å². The highest BCUT2D eigenvalue weighted by Gasteiger charge is 2.18. The van der Waals surface area contributed by atoms with Crippen LogP contribution >= 0.6 is 11.6 Å². The van der Waals surface area contributed by atoms with Crippen LogP contribution in [-0.4, -0.2) is 21.2 Å². The van der Waals surface area contributed by atoms with Crippen LogP contribution in [0.3, 0.4) is 0 Å². The Hall–Kier alpha value is -3.64. The number of hydrogen-bond acceptors (Lipinski definition) is 5. The number of Topliss-reactive ketones (excluding diaryl/α,β-unsaturated/α-hetero) is 1. The number of nitrogens with two attached hydrogens (primary N) is 1. The zero-order valence-corrected chi connectivity index (χ0v) is 17.9. The summed E-state index contributed by atoms with van der Waals surface area (Å²) >= 11 is 6.12. The fraction of sp³-hybridized carbons (Fsp3) is 0.125. The molecule has 31 heavy (non-hydrogen) atoms. The summed E-state index contributed by atoms with van der Waals surface area (Å²) in [6.45, 7) is 3.83. The first kappa shape index (κ1) is 20.6. The third kappa shape index (κ3) is 4.15. The second kappa shape index (κ2) is 8.24. The first-order chi connectivity index (χ1) is 14.8. The monoisotopic (exact) mass is 432 g/mol. The molecule has 2 heterocycles. The van der Waals surface area contributed by atoms with Gasteiger partial charge in [0.2, 0.25) is 5.78 Å². The molecule has 0 unspecified atom stereocenters. The van der Waals surface area contributed by atoms with Gasteiger partial charge in [-0.25, -0.2) is 0 Å². The molecular formula is C24H21ClN4O2. The van der Waals surface area contributed by atoms with Gasteiger partial charge in [-0.2, -0.15) is 0 Å². The molecule has 0 saturated carbocycles. The van der Waals surface area contributed by atoms with Gasteiger partial charge in [0, 0.05) is 28.4 Å². The van der Waals surface area contributed by atoms with Gasteiger partial charge < -0.3 is 14.8 Å². The number of halogens is 1. The molecule has 156 valence electrons. The Morgan fingerprint density at radius 2 is 1.87 bits per heavy atom. The van der Waals surface area contributed by atoms with Crippen LogP contribution < -0.4 is 5.73 Å². The van der Waals surface area contributed by atoms with Crippen LogP contribution in [0.4, 0.5) is 5.82 Å². The average molecular weight is 433 g/mol. The lowest BCUT2D eigenvalue weighted by Crippen LogP contribution is -2.21. The number of nitrogen functional groups attached to an aromatic ring is 1. The Morgan fingerprint density at radius 3 is 2.58 bits per heavy atom. The van der Waals surface area contributed by atoms with Crippen molar-refractivity contribution in [2.45, 2.75) is 20.4 Å². The topological polar surface area (TPSA) is 97.9 Å². The van der Waals surface area contributed by atoms with Crippen molar-refractivity contribution in [3.8, 4) is 22.6 Å². The van der Waals surface area contributed by atoms with E-state index in [0.717, 1.165) is 16.7 Å². The van der Waals surface area contributed by atoms with E-state index in [1.807, 2.05) is 44.2 Å². The summed E-state index contributed by atoms with van der Waals surface area (Å²) in [6.07, 6.45) is 1.70. The molecule has 0 spiro atoms. The number of nitrogens with zero attached hydrogens (tertiary/aromatic N) is 2. The van der Waals surface area contributed by atoms with E-state index in [1.54, 1.807) is 35.0 Å². The molecule has 0 aliphatic heterocycles. The first-order valence-corrected chi connectivity index (χ1v) is 10.1. The van der Waals surface area contributed by atoms with Gasteiger partial charge in [-0.3, -0.25) is 10.2 Å². The Bertz CT molecular complexity index is 1290. The second-order valence-corrected chi connectivity index (χ2v) is 7.85. The fourth-order valence-corrected chi connectivity index (χ4v) is 3.42. The number of ketones is 1. The van der Waals surface area contributed by atoms with Crippen molar-refractivity contribution in [2.24, 2.45) is 0 Å². The summed E-state index contributed by atoms with van der Waals surface area (Å²) < 4.78 is 7.08. The predicted molar refractivity (Wildman–Crippen MR) is 123 cm³/mol. The molecule has 2 aromatic carbocycles. The summed E-state index contributed by atoms with van der Waals surface area (Å²) in [6, 6.07) is 16.7. The van der Waals surface area contributed by atoms with Gasteiger partial charge in [0.15, 0.2) is 5.76 Å². The highest BCUT2D eigenvalue weighted by Crippen LogP contribution is 2.31. The highest BCUT2D eigenvalue weighted by molar-refractivity contribution is 6.45. The Balaban J connectivity index is 1.53. The molecule has 4 rings (SSSR count). The molecule has 4 aromatic rings. The molecular weight excluding hydrogens is 412 g/mol. The zero-order chi connectivity index (χ0) is 22.1. The number of carbonyl (C=O) groups excluding carboxylic acids is 1. The summed E-state index contributed by atoms with van der Waals surface area (Å²) in [5.41, 5.74) is 11.0. The van der Waals surface area contributed by atoms with Crippen LogP contribution in [0, 0.1) is 19.3 Å². The SMILES string of the molecule is Cc1ccc(-c2cc(-c3ccn(CC(=O)C(=N)c4ccc(C)c(Cl)c4)c3N)on2)cc1. The predicted octanol–water partition coefficient (Wildman–Crippen LogP) is 5.30. The van der Waals surface area contributed by atoms with E-state index in [1.165, 1.54) is 0 Å². The Kier molecular flexibility index (Phi) is 5.48. The molecule has 0 radical (unpaired) electrons. The number of hydrogen-bond donors (Lipinski definition) is 2. The Labute approximate surface area is 184 Å². The standard InChI is InChI=1S/C24H21ClN4O2/c1-14-3-6-16(7-4-14)20-12-22(31-28-20)18-9-10-29(24(18)27)13-21(30)23(26)17-8-5-15(2)19(25)11-17/h3-12,26H,13,27H2,1-2H3. The van der Waals surface area contributed by atoms with Crippen molar-refractivity contribution in [3.63, 3.8) is 0 Å². The molecule has 0 amide bonds. The minimum Gasteiger partial charge on any atom is -0.384 e. The van der Waals surface area contributed by atoms with Crippen LogP contribution in [0.25, 0.3) is 22.6 Å². The maximum atomic E-state index is 12.6. The van der Waals surface area contributed by atoms with Gasteiger partial charge in [0.25, 0.3) is 0 Å². The van der Waals surface area contributed by atoms with Crippen molar-refractivity contribution in [3.05, 3.63) is 82.5 Å². The van der Waals surface area contributed by atoms with Crippen molar-refractivity contribution in [1.29, 1.82) is 5.41 Å². The van der Waals surface area contributed by atoms with Crippen LogP contribution in [-0.2, 0) is 11.3 Å². The molecule has 0 bridgehead atoms. The summed E-state index contributed by atoms with van der Waals surface area (Å²) in [5.74, 6) is 0.515. The lowest BCUT2D eigenvalue weighted by atomic mass is 10.0. The fourth-order valence-electron chi connectivity index (χ4n) is 3.24. The van der Waals surface area contributed by atoms with E-state index >= 15 is 0 Å². The number of benzene rings is 2. The first-order valence-electron chi connectivity index (χ1n) is 9.70. The van der Waals surface area contributed by atoms with Crippen molar-refractivity contribution >= 4 is 28.9 Å². The molecule has 0 aliphatic rings. The summed E-state index contributed by atoms with van der Waals surface area (Å²) in [7, 11) is 0. The second-order valence-electron chi connectivity index (χ2n) is 7.45. The molecule has 0 atom stereocenters. The summed E-state index contributed by atoms with van der Waals surface area (Å²) in [4.78, 5) is 12.6. The minimum atomic E-state index is -0.369. The summed E-state index contributed by atoms with van der Waals surface area (Å²) in [5, 5.41) is 12.9. The van der Waals surface area contributed by atoms with Gasteiger partial charge in [0.1, 0.15) is 17.2 Å². The van der Waals surface area contributed by atoms with Gasteiger partial charge >= 0.3 is 0 Å². The zero-order valence-electron chi connectivity index (χ0n) is 17.1. The number of rotatable bonds is 6. The van der Waals surface area contributed by atoms with Gasteiger partial charge in [-0.05, 0) is 31.5 Å². The number of anilines is 1. The number of carbonyl (C=O) groups is 1. The van der Waals surface area contributed by atoms with E-state index in [2.05, 4.69) is 5.16 Å². The molecule has 0 fully saturated rings. The van der Waals surface area contributed by atoms with Crippen LogP contribution in [0.2, 0.25) is 5.02 Å². The largest absolute Gasteiger partial charge is 0.384 e. The third-order valence-electron chi connectivity index (χ3n) is 5.18. The maximum absolute atomic E-state index is 12.6. The van der Waals surface area contributed by atoms with Crippen LogP contribution in [0.1, 0.15) is 16.7 Å². The van der Waals surface area contributed by atoms with E-state index in [9.17, 15) is 4.79 Å². The number of aryl methyl sites for hydroxylation is 2. The molecule has 0 aliphatic carbocycles. The van der Waals surface area contributed by atoms with Crippen LogP contribution in [0.15, 0.2) is 65.3 Å². The number of aromatic nitrogens is 2. The van der Waals surface area contributed by atoms with Gasteiger partial charge in [0.05, 0.1) is 12.1 Å². The van der Waals surface area contributed by atoms with E-state index in [-0.39, 0.29) is 18.0 Å². The molecule has 0 saturated heterocycles. The Morgan fingerprint density at radius 1 is 1.13 bits per heavy atom. The van der Waals surface area contributed by atoms with Crippen molar-refractivity contribution < 1.29 is 9.32 Å².